The lowest BCUT2D eigenvalue weighted by atomic mass is 9.97. The van der Waals surface area contributed by atoms with Gasteiger partial charge in [0.25, 0.3) is 0 Å². The third kappa shape index (κ3) is 6.47. The molecule has 0 N–H and O–H groups in total. The lowest BCUT2D eigenvalue weighted by Crippen LogP contribution is -2.02. The molecular formula is C27H27ClO3. The van der Waals surface area contributed by atoms with Crippen molar-refractivity contribution in [2.75, 3.05) is 13.7 Å². The summed E-state index contributed by atoms with van der Waals surface area (Å²) in [6.07, 6.45) is 3.93. The second kappa shape index (κ2) is 10.8. The van der Waals surface area contributed by atoms with Gasteiger partial charge >= 0.3 is 5.97 Å². The molecule has 0 amide bonds. The van der Waals surface area contributed by atoms with Crippen LogP contribution in [-0.4, -0.2) is 19.7 Å². The molecule has 0 radical (unpaired) electrons. The zero-order valence-corrected chi connectivity index (χ0v) is 18.9. The monoisotopic (exact) mass is 434 g/mol. The summed E-state index contributed by atoms with van der Waals surface area (Å²) in [4.78, 5) is 11.5. The number of esters is 1. The van der Waals surface area contributed by atoms with Gasteiger partial charge in [-0.25, -0.2) is 4.79 Å². The highest BCUT2D eigenvalue weighted by atomic mass is 35.5. The number of halogens is 1. The molecule has 0 fully saturated rings. The third-order valence-electron chi connectivity index (χ3n) is 5.20. The van der Waals surface area contributed by atoms with E-state index in [0.717, 1.165) is 29.2 Å². The number of methoxy groups -OCH3 is 1. The Morgan fingerprint density at radius 2 is 1.71 bits per heavy atom. The van der Waals surface area contributed by atoms with Gasteiger partial charge in [0.15, 0.2) is 0 Å². The largest absolute Gasteiger partial charge is 0.494 e. The summed E-state index contributed by atoms with van der Waals surface area (Å²) in [6, 6.07) is 21.4. The fourth-order valence-corrected chi connectivity index (χ4v) is 3.49. The predicted octanol–water partition coefficient (Wildman–Crippen LogP) is 7.14. The molecule has 0 aliphatic heterocycles. The predicted molar refractivity (Wildman–Crippen MR) is 128 cm³/mol. The molecule has 0 saturated carbocycles. The van der Waals surface area contributed by atoms with Crippen LogP contribution in [0.3, 0.4) is 0 Å². The summed E-state index contributed by atoms with van der Waals surface area (Å²) in [6.45, 7) is 4.82. The minimum Gasteiger partial charge on any atom is -0.494 e. The molecule has 3 aromatic carbocycles. The summed E-state index contributed by atoms with van der Waals surface area (Å²) in [5, 5.41) is 0.727. The lowest BCUT2D eigenvalue weighted by molar-refractivity contribution is 0.0600. The number of carbonyl (C=O) groups excluding carboxylic acids is 1. The Kier molecular flexibility index (Phi) is 7.91. The molecule has 0 bridgehead atoms. The zero-order valence-electron chi connectivity index (χ0n) is 18.2. The number of rotatable bonds is 8. The Morgan fingerprint density at radius 3 is 2.39 bits per heavy atom. The van der Waals surface area contributed by atoms with Crippen LogP contribution in [-0.2, 0) is 4.74 Å². The standard InChI is InChI=1S/C27H27ClO3/c1-19-9-10-21(16-20(19)2)17-23(24-6-4-8-25(28)18-24)7-5-15-31-26-13-11-22(12-14-26)27(29)30-3/h4,6,8-14,16-18H,5,7,15H2,1-3H3/b23-17-. The number of hydrogen-bond donors (Lipinski definition) is 0. The SMILES string of the molecule is COC(=O)c1ccc(OCCC/C(=C/c2ccc(C)c(C)c2)c2cccc(Cl)c2)cc1. The van der Waals surface area contributed by atoms with Gasteiger partial charge in [-0.1, -0.05) is 48.0 Å². The molecule has 0 unspecified atom stereocenters. The first-order chi connectivity index (χ1) is 15.0. The Balaban J connectivity index is 1.68. The number of benzene rings is 3. The number of aryl methyl sites for hydroxylation is 2. The van der Waals surface area contributed by atoms with Gasteiger partial charge in [-0.2, -0.15) is 0 Å². The summed E-state index contributed by atoms with van der Waals surface area (Å²) < 4.78 is 10.6. The Labute approximate surface area is 189 Å². The van der Waals surface area contributed by atoms with Crippen molar-refractivity contribution >= 4 is 29.2 Å². The topological polar surface area (TPSA) is 35.5 Å². The molecule has 3 rings (SSSR count). The first-order valence-electron chi connectivity index (χ1n) is 10.3. The van der Waals surface area contributed by atoms with E-state index in [4.69, 9.17) is 21.1 Å². The Bertz CT molecular complexity index is 1070. The molecule has 0 spiro atoms. The van der Waals surface area contributed by atoms with E-state index >= 15 is 0 Å². The van der Waals surface area contributed by atoms with Crippen molar-refractivity contribution < 1.29 is 14.3 Å². The van der Waals surface area contributed by atoms with Crippen molar-refractivity contribution in [3.63, 3.8) is 0 Å². The van der Waals surface area contributed by atoms with Crippen LogP contribution in [0.4, 0.5) is 0 Å². The quantitative estimate of drug-likeness (QED) is 0.214. The number of hydrogen-bond acceptors (Lipinski definition) is 3. The smallest absolute Gasteiger partial charge is 0.337 e. The maximum Gasteiger partial charge on any atom is 0.337 e. The summed E-state index contributed by atoms with van der Waals surface area (Å²) in [5.41, 5.74) is 6.58. The van der Waals surface area contributed by atoms with Gasteiger partial charge in [0.1, 0.15) is 5.75 Å². The fraction of sp³-hybridized carbons (Fsp3) is 0.222. The van der Waals surface area contributed by atoms with E-state index in [1.807, 2.05) is 18.2 Å². The molecule has 0 aromatic heterocycles. The van der Waals surface area contributed by atoms with Gasteiger partial charge in [0.05, 0.1) is 19.3 Å². The Morgan fingerprint density at radius 1 is 0.935 bits per heavy atom. The van der Waals surface area contributed by atoms with Crippen molar-refractivity contribution in [2.24, 2.45) is 0 Å². The highest BCUT2D eigenvalue weighted by Crippen LogP contribution is 2.26. The van der Waals surface area contributed by atoms with Gasteiger partial charge in [0, 0.05) is 5.02 Å². The van der Waals surface area contributed by atoms with E-state index in [1.165, 1.54) is 29.4 Å². The number of carbonyl (C=O) groups is 1. The lowest BCUT2D eigenvalue weighted by Gasteiger charge is -2.11. The van der Waals surface area contributed by atoms with E-state index in [-0.39, 0.29) is 5.97 Å². The van der Waals surface area contributed by atoms with Crippen molar-refractivity contribution in [1.82, 2.24) is 0 Å². The maximum atomic E-state index is 11.5. The molecule has 3 aromatic rings. The second-order valence-electron chi connectivity index (χ2n) is 7.49. The molecule has 4 heteroatoms. The fourth-order valence-electron chi connectivity index (χ4n) is 3.30. The second-order valence-corrected chi connectivity index (χ2v) is 7.93. The Hall–Kier alpha value is -3.04. The van der Waals surface area contributed by atoms with Crippen LogP contribution >= 0.6 is 11.6 Å². The van der Waals surface area contributed by atoms with Crippen molar-refractivity contribution in [1.29, 1.82) is 0 Å². The average Bonchev–Trinajstić information content (AvgIpc) is 2.78. The molecule has 0 heterocycles. The van der Waals surface area contributed by atoms with Gasteiger partial charge in [0.2, 0.25) is 0 Å². The summed E-state index contributed by atoms with van der Waals surface area (Å²) in [5.74, 6) is 0.379. The van der Waals surface area contributed by atoms with Crippen molar-refractivity contribution in [2.45, 2.75) is 26.7 Å². The van der Waals surface area contributed by atoms with Crippen molar-refractivity contribution in [3.05, 3.63) is 99.6 Å². The molecule has 31 heavy (non-hydrogen) atoms. The third-order valence-corrected chi connectivity index (χ3v) is 5.44. The summed E-state index contributed by atoms with van der Waals surface area (Å²) >= 11 is 6.24. The van der Waals surface area contributed by atoms with Crippen LogP contribution in [0.5, 0.6) is 5.75 Å². The van der Waals surface area contributed by atoms with Gasteiger partial charge in [-0.05, 0) is 90.9 Å². The van der Waals surface area contributed by atoms with E-state index in [0.29, 0.717) is 12.2 Å². The number of allylic oxidation sites excluding steroid dienone is 1. The maximum absolute atomic E-state index is 11.5. The van der Waals surface area contributed by atoms with Crippen LogP contribution < -0.4 is 4.74 Å². The molecule has 160 valence electrons. The highest BCUT2D eigenvalue weighted by molar-refractivity contribution is 6.30. The molecular weight excluding hydrogens is 408 g/mol. The molecule has 0 atom stereocenters. The van der Waals surface area contributed by atoms with Crippen molar-refractivity contribution in [3.8, 4) is 5.75 Å². The molecule has 3 nitrogen and oxygen atoms in total. The number of ether oxygens (including phenoxy) is 2. The van der Waals surface area contributed by atoms with Gasteiger partial charge < -0.3 is 9.47 Å². The first-order valence-corrected chi connectivity index (χ1v) is 10.7. The highest BCUT2D eigenvalue weighted by Gasteiger charge is 2.07. The van der Waals surface area contributed by atoms with Crippen LogP contribution in [0.2, 0.25) is 5.02 Å². The zero-order chi connectivity index (χ0) is 22.2. The molecule has 0 aliphatic rings. The van der Waals surface area contributed by atoms with E-state index in [9.17, 15) is 4.79 Å². The minimum atomic E-state index is -0.353. The van der Waals surface area contributed by atoms with Gasteiger partial charge in [-0.3, -0.25) is 0 Å². The van der Waals surface area contributed by atoms with Crippen LogP contribution in [0.15, 0.2) is 66.7 Å². The minimum absolute atomic E-state index is 0.353. The van der Waals surface area contributed by atoms with E-state index < -0.39 is 0 Å². The normalized spacial score (nSPS) is 11.3. The molecule has 0 saturated heterocycles. The average molecular weight is 435 g/mol. The van der Waals surface area contributed by atoms with Gasteiger partial charge in [-0.15, -0.1) is 0 Å². The van der Waals surface area contributed by atoms with Crippen LogP contribution in [0.1, 0.15) is 45.5 Å². The van der Waals surface area contributed by atoms with Crippen LogP contribution in [0.25, 0.3) is 11.6 Å². The first kappa shape index (κ1) is 22.6. The summed E-state index contributed by atoms with van der Waals surface area (Å²) in [7, 11) is 1.37. The van der Waals surface area contributed by atoms with E-state index in [1.54, 1.807) is 24.3 Å². The van der Waals surface area contributed by atoms with E-state index in [2.05, 4.69) is 44.2 Å². The molecule has 0 aliphatic carbocycles. The van der Waals surface area contributed by atoms with Crippen LogP contribution in [0, 0.1) is 13.8 Å².